The fourth-order valence-electron chi connectivity index (χ4n) is 0.977. The van der Waals surface area contributed by atoms with Crippen LogP contribution in [0.4, 0.5) is 0 Å². The average Bonchev–Trinajstić information content (AvgIpc) is 2.17. The van der Waals surface area contributed by atoms with E-state index in [1.165, 1.54) is 5.56 Å². The highest BCUT2D eigenvalue weighted by molar-refractivity contribution is 14.1. The number of hydrogen-bond donors (Lipinski definition) is 2. The van der Waals surface area contributed by atoms with Crippen molar-refractivity contribution in [2.45, 2.75) is 9.97 Å². The molecule has 0 spiro atoms. The van der Waals surface area contributed by atoms with Crippen LogP contribution in [0.3, 0.4) is 0 Å². The second-order valence-electron chi connectivity index (χ2n) is 2.66. The largest absolute Gasteiger partial charge is 0.395 e. The molecule has 0 aliphatic carbocycles. The predicted molar refractivity (Wildman–Crippen MR) is 58.3 cm³/mol. The summed E-state index contributed by atoms with van der Waals surface area (Å²) in [4.78, 5) is 0. The van der Waals surface area contributed by atoms with Crippen LogP contribution in [0.15, 0.2) is 30.3 Å². The minimum absolute atomic E-state index is 0.0303. The zero-order valence-electron chi connectivity index (χ0n) is 6.65. The van der Waals surface area contributed by atoms with E-state index in [0.717, 1.165) is 0 Å². The van der Waals surface area contributed by atoms with Gasteiger partial charge in [0.1, 0.15) is 0 Å². The zero-order valence-corrected chi connectivity index (χ0v) is 8.81. The Hall–Kier alpha value is -0.130. The number of aliphatic hydroxyl groups excluding tert-OH is 1. The minimum atomic E-state index is -0.173. The molecule has 1 aromatic rings. The second-order valence-corrected chi connectivity index (χ2v) is 4.00. The molecule has 2 nitrogen and oxygen atoms in total. The van der Waals surface area contributed by atoms with E-state index in [2.05, 4.69) is 22.6 Å². The molecule has 0 aromatic heterocycles. The number of benzene rings is 1. The van der Waals surface area contributed by atoms with Crippen molar-refractivity contribution in [3.63, 3.8) is 0 Å². The van der Waals surface area contributed by atoms with Crippen LogP contribution in [0.2, 0.25) is 0 Å². The van der Waals surface area contributed by atoms with Gasteiger partial charge in [-0.25, -0.2) is 0 Å². The van der Waals surface area contributed by atoms with Gasteiger partial charge in [-0.1, -0.05) is 52.9 Å². The molecule has 12 heavy (non-hydrogen) atoms. The molecule has 0 aliphatic heterocycles. The standard InChI is InChI=1S/C9H12INO/c10-9(8(11)6-12)7-4-2-1-3-5-7/h1-5,8-9,12H,6,11H2. The highest BCUT2D eigenvalue weighted by Gasteiger charge is 2.14. The maximum Gasteiger partial charge on any atom is 0.0596 e. The topological polar surface area (TPSA) is 46.2 Å². The van der Waals surface area contributed by atoms with Gasteiger partial charge in [-0.05, 0) is 5.56 Å². The van der Waals surface area contributed by atoms with Crippen molar-refractivity contribution in [1.29, 1.82) is 0 Å². The molecule has 0 saturated carbocycles. The summed E-state index contributed by atoms with van der Waals surface area (Å²) < 4.78 is 0.189. The molecule has 0 amide bonds. The van der Waals surface area contributed by atoms with E-state index in [9.17, 15) is 0 Å². The van der Waals surface area contributed by atoms with Gasteiger partial charge < -0.3 is 10.8 Å². The lowest BCUT2D eigenvalue weighted by Gasteiger charge is -2.15. The Morgan fingerprint density at radius 3 is 2.42 bits per heavy atom. The fourth-order valence-corrected chi connectivity index (χ4v) is 1.62. The number of aliphatic hydroxyl groups is 1. The number of halogens is 1. The summed E-state index contributed by atoms with van der Waals surface area (Å²) in [6, 6.07) is 9.79. The van der Waals surface area contributed by atoms with Gasteiger partial charge in [0.05, 0.1) is 10.5 Å². The lowest BCUT2D eigenvalue weighted by atomic mass is 10.1. The van der Waals surface area contributed by atoms with Crippen molar-refractivity contribution in [1.82, 2.24) is 0 Å². The quantitative estimate of drug-likeness (QED) is 0.649. The molecule has 0 fully saturated rings. The first-order chi connectivity index (χ1) is 5.75. The maximum absolute atomic E-state index is 8.84. The van der Waals surface area contributed by atoms with Crippen LogP contribution in [0.1, 0.15) is 9.49 Å². The number of alkyl halides is 1. The molecule has 0 aliphatic rings. The van der Waals surface area contributed by atoms with Crippen molar-refractivity contribution >= 4 is 22.6 Å². The Kier molecular flexibility index (Phi) is 3.97. The van der Waals surface area contributed by atoms with Gasteiger partial charge in [-0.15, -0.1) is 0 Å². The van der Waals surface area contributed by atoms with Crippen LogP contribution < -0.4 is 5.73 Å². The summed E-state index contributed by atoms with van der Waals surface area (Å²) in [5.74, 6) is 0. The number of hydrogen-bond acceptors (Lipinski definition) is 2. The summed E-state index contributed by atoms with van der Waals surface area (Å²) in [5.41, 5.74) is 6.86. The summed E-state index contributed by atoms with van der Waals surface area (Å²) >= 11 is 2.25. The Bertz CT molecular complexity index is 227. The highest BCUT2D eigenvalue weighted by atomic mass is 127. The molecule has 3 N–H and O–H groups in total. The molecule has 0 saturated heterocycles. The van der Waals surface area contributed by atoms with Gasteiger partial charge in [0.2, 0.25) is 0 Å². The van der Waals surface area contributed by atoms with Crippen molar-refractivity contribution in [3.8, 4) is 0 Å². The van der Waals surface area contributed by atoms with Gasteiger partial charge in [0.25, 0.3) is 0 Å². The molecule has 0 heterocycles. The van der Waals surface area contributed by atoms with E-state index in [1.54, 1.807) is 0 Å². The van der Waals surface area contributed by atoms with Gasteiger partial charge >= 0.3 is 0 Å². The van der Waals surface area contributed by atoms with E-state index in [-0.39, 0.29) is 16.6 Å². The first-order valence-electron chi connectivity index (χ1n) is 3.81. The number of rotatable bonds is 3. The van der Waals surface area contributed by atoms with Gasteiger partial charge in [-0.2, -0.15) is 0 Å². The van der Waals surface area contributed by atoms with Gasteiger partial charge in [-0.3, -0.25) is 0 Å². The fraction of sp³-hybridized carbons (Fsp3) is 0.333. The smallest absolute Gasteiger partial charge is 0.0596 e. The third-order valence-corrected chi connectivity index (χ3v) is 3.35. The monoisotopic (exact) mass is 277 g/mol. The van der Waals surface area contributed by atoms with E-state index in [1.807, 2.05) is 30.3 Å². The van der Waals surface area contributed by atoms with Crippen LogP contribution in [-0.2, 0) is 0 Å². The molecular weight excluding hydrogens is 265 g/mol. The first kappa shape index (κ1) is 9.95. The molecule has 2 unspecified atom stereocenters. The summed E-state index contributed by atoms with van der Waals surface area (Å²) in [7, 11) is 0. The molecular formula is C9H12INO. The molecule has 2 atom stereocenters. The van der Waals surface area contributed by atoms with Gasteiger partial charge in [0.15, 0.2) is 0 Å². The van der Waals surface area contributed by atoms with E-state index < -0.39 is 0 Å². The normalized spacial score (nSPS) is 15.6. The minimum Gasteiger partial charge on any atom is -0.395 e. The van der Waals surface area contributed by atoms with E-state index in [4.69, 9.17) is 10.8 Å². The van der Waals surface area contributed by atoms with Crippen LogP contribution in [0.5, 0.6) is 0 Å². The van der Waals surface area contributed by atoms with Crippen LogP contribution >= 0.6 is 22.6 Å². The van der Waals surface area contributed by atoms with Gasteiger partial charge in [0, 0.05) is 6.04 Å². The van der Waals surface area contributed by atoms with Crippen molar-refractivity contribution in [2.24, 2.45) is 5.73 Å². The third kappa shape index (κ3) is 2.43. The van der Waals surface area contributed by atoms with Crippen LogP contribution in [0, 0.1) is 0 Å². The Labute approximate surface area is 85.9 Å². The van der Waals surface area contributed by atoms with E-state index >= 15 is 0 Å². The third-order valence-electron chi connectivity index (χ3n) is 1.70. The van der Waals surface area contributed by atoms with Crippen molar-refractivity contribution < 1.29 is 5.11 Å². The van der Waals surface area contributed by atoms with Crippen molar-refractivity contribution in [2.75, 3.05) is 6.61 Å². The highest BCUT2D eigenvalue weighted by Crippen LogP contribution is 2.25. The lowest BCUT2D eigenvalue weighted by Crippen LogP contribution is -2.28. The first-order valence-corrected chi connectivity index (χ1v) is 5.05. The SMILES string of the molecule is NC(CO)C(I)c1ccccc1. The molecule has 1 rings (SSSR count). The maximum atomic E-state index is 8.84. The molecule has 66 valence electrons. The van der Waals surface area contributed by atoms with E-state index in [0.29, 0.717) is 0 Å². The Morgan fingerprint density at radius 1 is 1.33 bits per heavy atom. The summed E-state index contributed by atoms with van der Waals surface area (Å²) in [5, 5.41) is 8.84. The van der Waals surface area contributed by atoms with Crippen molar-refractivity contribution in [3.05, 3.63) is 35.9 Å². The second kappa shape index (κ2) is 4.79. The van der Waals surface area contributed by atoms with Crippen LogP contribution in [0.25, 0.3) is 0 Å². The summed E-state index contributed by atoms with van der Waals surface area (Å²) in [6.45, 7) is 0.0303. The zero-order chi connectivity index (χ0) is 8.97. The predicted octanol–water partition coefficient (Wildman–Crippen LogP) is 1.48. The Balaban J connectivity index is 2.71. The average molecular weight is 277 g/mol. The summed E-state index contributed by atoms with van der Waals surface area (Å²) in [6.07, 6.45) is 0. The molecule has 0 bridgehead atoms. The van der Waals surface area contributed by atoms with Crippen LogP contribution in [-0.4, -0.2) is 17.8 Å². The Morgan fingerprint density at radius 2 is 1.92 bits per heavy atom. The molecule has 3 heteroatoms. The molecule has 1 aromatic carbocycles. The lowest BCUT2D eigenvalue weighted by molar-refractivity contribution is 0.266. The number of nitrogens with two attached hydrogens (primary N) is 1. The molecule has 0 radical (unpaired) electrons.